The second kappa shape index (κ2) is 10.2. The standard InChI is InChI=1S/C24H35N5O4/c1-6-33-21(30)19-18(27(5)22(31)25-20(19)17-10-8-7-9-11-17)16-28-12-14-29(15-13-28)23(32)26-24(2,3)4/h7-11,20H,6,12-16H2,1-5H3,(H,25,31)(H,26,32)/t20-/m1/s1. The van der Waals surface area contributed by atoms with Gasteiger partial charge in [0.15, 0.2) is 0 Å². The van der Waals surface area contributed by atoms with Crippen LogP contribution in [0.1, 0.15) is 39.3 Å². The van der Waals surface area contributed by atoms with Crippen LogP contribution in [0.15, 0.2) is 41.6 Å². The van der Waals surface area contributed by atoms with Crippen LogP contribution in [0.3, 0.4) is 0 Å². The SMILES string of the molecule is CCOC(=O)C1=C(CN2CCN(C(=O)NC(C)(C)C)CC2)N(C)C(=O)N[C@@H]1c1ccccc1. The summed E-state index contributed by atoms with van der Waals surface area (Å²) in [5, 5.41) is 5.93. The van der Waals surface area contributed by atoms with Gasteiger partial charge in [-0.15, -0.1) is 0 Å². The Bertz CT molecular complexity index is 901. The van der Waals surface area contributed by atoms with Crippen LogP contribution in [0, 0.1) is 0 Å². The van der Waals surface area contributed by atoms with Crippen molar-refractivity contribution in [1.82, 2.24) is 25.3 Å². The van der Waals surface area contributed by atoms with Crippen molar-refractivity contribution in [1.29, 1.82) is 0 Å². The second-order valence-corrected chi connectivity index (χ2v) is 9.38. The molecule has 9 nitrogen and oxygen atoms in total. The molecule has 1 aromatic rings. The number of benzene rings is 1. The molecule has 1 fully saturated rings. The quantitative estimate of drug-likeness (QED) is 0.662. The van der Waals surface area contributed by atoms with Crippen LogP contribution in [-0.2, 0) is 9.53 Å². The average Bonchev–Trinajstić information content (AvgIpc) is 2.76. The van der Waals surface area contributed by atoms with E-state index in [1.807, 2.05) is 51.1 Å². The number of rotatable bonds is 5. The van der Waals surface area contributed by atoms with Gasteiger partial charge in [0, 0.05) is 51.0 Å². The van der Waals surface area contributed by atoms with E-state index < -0.39 is 12.0 Å². The van der Waals surface area contributed by atoms with E-state index in [1.54, 1.807) is 18.9 Å². The Morgan fingerprint density at radius 1 is 1.12 bits per heavy atom. The number of nitrogens with one attached hydrogen (secondary N) is 2. The van der Waals surface area contributed by atoms with Gasteiger partial charge < -0.3 is 20.3 Å². The van der Waals surface area contributed by atoms with Crippen molar-refractivity contribution < 1.29 is 19.1 Å². The summed E-state index contributed by atoms with van der Waals surface area (Å²) in [6, 6.07) is 8.50. The van der Waals surface area contributed by atoms with Crippen LogP contribution in [-0.4, -0.2) is 84.6 Å². The summed E-state index contributed by atoms with van der Waals surface area (Å²) in [5.41, 5.74) is 1.60. The topological polar surface area (TPSA) is 94.2 Å². The number of nitrogens with zero attached hydrogens (tertiary/aromatic N) is 3. The van der Waals surface area contributed by atoms with Crippen molar-refractivity contribution >= 4 is 18.0 Å². The largest absolute Gasteiger partial charge is 0.463 e. The number of carbonyl (C=O) groups is 3. The summed E-state index contributed by atoms with van der Waals surface area (Å²) < 4.78 is 5.38. The average molecular weight is 458 g/mol. The number of hydrogen-bond donors (Lipinski definition) is 2. The number of amides is 4. The van der Waals surface area contributed by atoms with Crippen molar-refractivity contribution in [2.75, 3.05) is 46.4 Å². The Morgan fingerprint density at radius 2 is 1.76 bits per heavy atom. The lowest BCUT2D eigenvalue weighted by Gasteiger charge is -2.40. The first-order chi connectivity index (χ1) is 15.6. The highest BCUT2D eigenvalue weighted by atomic mass is 16.5. The molecule has 1 atom stereocenters. The maximum Gasteiger partial charge on any atom is 0.338 e. The third kappa shape index (κ3) is 6.04. The third-order valence-corrected chi connectivity index (χ3v) is 5.72. The van der Waals surface area contributed by atoms with Gasteiger partial charge in [-0.05, 0) is 33.3 Å². The molecular formula is C24H35N5O4. The van der Waals surface area contributed by atoms with Gasteiger partial charge in [0.25, 0.3) is 0 Å². The molecule has 2 N–H and O–H groups in total. The highest BCUT2D eigenvalue weighted by Gasteiger charge is 2.37. The zero-order valence-corrected chi connectivity index (χ0v) is 20.2. The van der Waals surface area contributed by atoms with E-state index in [4.69, 9.17) is 4.74 Å². The Hall–Kier alpha value is -3.07. The summed E-state index contributed by atoms with van der Waals surface area (Å²) in [4.78, 5) is 43.7. The molecule has 2 heterocycles. The fourth-order valence-corrected chi connectivity index (χ4v) is 4.01. The molecule has 2 aliphatic rings. The fraction of sp³-hybridized carbons (Fsp3) is 0.542. The maximum absolute atomic E-state index is 13.0. The van der Waals surface area contributed by atoms with E-state index in [0.717, 1.165) is 5.56 Å². The number of esters is 1. The van der Waals surface area contributed by atoms with Crippen molar-refractivity contribution in [2.24, 2.45) is 0 Å². The minimum Gasteiger partial charge on any atom is -0.463 e. The molecule has 0 radical (unpaired) electrons. The fourth-order valence-electron chi connectivity index (χ4n) is 4.01. The van der Waals surface area contributed by atoms with Gasteiger partial charge in [-0.3, -0.25) is 9.80 Å². The molecule has 1 aromatic carbocycles. The van der Waals surface area contributed by atoms with E-state index >= 15 is 0 Å². The van der Waals surface area contributed by atoms with Gasteiger partial charge in [0.1, 0.15) is 0 Å². The van der Waals surface area contributed by atoms with E-state index in [-0.39, 0.29) is 24.2 Å². The normalized spacial score (nSPS) is 19.9. The highest BCUT2D eigenvalue weighted by molar-refractivity contribution is 5.95. The summed E-state index contributed by atoms with van der Waals surface area (Å²) in [5.74, 6) is -0.434. The molecule has 0 aromatic heterocycles. The van der Waals surface area contributed by atoms with E-state index in [2.05, 4.69) is 15.5 Å². The molecule has 3 rings (SSSR count). The first-order valence-electron chi connectivity index (χ1n) is 11.4. The smallest absolute Gasteiger partial charge is 0.338 e. The summed E-state index contributed by atoms with van der Waals surface area (Å²) in [6.45, 7) is 10.7. The van der Waals surface area contributed by atoms with Gasteiger partial charge in [0.05, 0.1) is 18.2 Å². The van der Waals surface area contributed by atoms with Crippen LogP contribution in [0.5, 0.6) is 0 Å². The highest BCUT2D eigenvalue weighted by Crippen LogP contribution is 2.31. The zero-order chi connectivity index (χ0) is 24.2. The number of piperazine rings is 1. The third-order valence-electron chi connectivity index (χ3n) is 5.72. The van der Waals surface area contributed by atoms with Crippen molar-refractivity contribution in [3.63, 3.8) is 0 Å². The predicted octanol–water partition coefficient (Wildman–Crippen LogP) is 2.33. The molecule has 1 saturated heterocycles. The number of hydrogen-bond acceptors (Lipinski definition) is 5. The summed E-state index contributed by atoms with van der Waals surface area (Å²) in [6.07, 6.45) is 0. The monoisotopic (exact) mass is 457 g/mol. The lowest BCUT2D eigenvalue weighted by Crippen LogP contribution is -2.56. The van der Waals surface area contributed by atoms with Gasteiger partial charge in [-0.1, -0.05) is 30.3 Å². The van der Waals surface area contributed by atoms with Crippen molar-refractivity contribution in [2.45, 2.75) is 39.3 Å². The maximum atomic E-state index is 13.0. The second-order valence-electron chi connectivity index (χ2n) is 9.38. The minimum atomic E-state index is -0.581. The minimum absolute atomic E-state index is 0.0770. The first-order valence-corrected chi connectivity index (χ1v) is 11.4. The number of urea groups is 2. The van der Waals surface area contributed by atoms with Crippen molar-refractivity contribution in [3.05, 3.63) is 47.2 Å². The van der Waals surface area contributed by atoms with Crippen LogP contribution in [0.25, 0.3) is 0 Å². The summed E-state index contributed by atoms with van der Waals surface area (Å²) >= 11 is 0. The van der Waals surface area contributed by atoms with Gasteiger partial charge in [0.2, 0.25) is 0 Å². The molecule has 2 aliphatic heterocycles. The van der Waals surface area contributed by atoms with Crippen LogP contribution < -0.4 is 10.6 Å². The van der Waals surface area contributed by atoms with Crippen LogP contribution >= 0.6 is 0 Å². The van der Waals surface area contributed by atoms with E-state index in [9.17, 15) is 14.4 Å². The number of ether oxygens (including phenoxy) is 1. The van der Waals surface area contributed by atoms with Crippen LogP contribution in [0.4, 0.5) is 9.59 Å². The molecule has 4 amide bonds. The molecule has 180 valence electrons. The number of likely N-dealkylation sites (N-methyl/N-ethyl adjacent to an activating group) is 1. The number of carbonyl (C=O) groups excluding carboxylic acids is 3. The van der Waals surface area contributed by atoms with E-state index in [0.29, 0.717) is 44.0 Å². The molecule has 9 heteroatoms. The van der Waals surface area contributed by atoms with Gasteiger partial charge >= 0.3 is 18.0 Å². The molecule has 0 saturated carbocycles. The summed E-state index contributed by atoms with van der Waals surface area (Å²) in [7, 11) is 1.66. The Balaban J connectivity index is 1.82. The zero-order valence-electron chi connectivity index (χ0n) is 20.2. The molecule has 0 bridgehead atoms. The Morgan fingerprint density at radius 3 is 2.33 bits per heavy atom. The molecule has 0 aliphatic carbocycles. The molecule has 33 heavy (non-hydrogen) atoms. The first kappa shape index (κ1) is 24.6. The van der Waals surface area contributed by atoms with Gasteiger partial charge in [-0.2, -0.15) is 0 Å². The molecule has 0 spiro atoms. The molecule has 0 unspecified atom stereocenters. The van der Waals surface area contributed by atoms with Gasteiger partial charge in [-0.25, -0.2) is 14.4 Å². The van der Waals surface area contributed by atoms with Crippen molar-refractivity contribution in [3.8, 4) is 0 Å². The lowest BCUT2D eigenvalue weighted by atomic mass is 9.94. The lowest BCUT2D eigenvalue weighted by molar-refractivity contribution is -0.139. The Labute approximate surface area is 195 Å². The molecular weight excluding hydrogens is 422 g/mol. The van der Waals surface area contributed by atoms with Crippen LogP contribution in [0.2, 0.25) is 0 Å². The van der Waals surface area contributed by atoms with E-state index in [1.165, 1.54) is 4.90 Å². The predicted molar refractivity (Wildman–Crippen MR) is 125 cm³/mol. The Kier molecular flexibility index (Phi) is 7.63.